The number of carbonyl (C=O) groups excluding carboxylic acids is 1. The van der Waals surface area contributed by atoms with E-state index in [-0.39, 0.29) is 6.10 Å². The van der Waals surface area contributed by atoms with E-state index in [1.165, 1.54) is 19.3 Å². The van der Waals surface area contributed by atoms with Crippen molar-refractivity contribution >= 4 is 5.78 Å². The van der Waals surface area contributed by atoms with Gasteiger partial charge in [-0.3, -0.25) is 4.79 Å². The Kier molecular flexibility index (Phi) is 4.43. The van der Waals surface area contributed by atoms with Crippen LogP contribution in [0, 0.1) is 5.92 Å². The van der Waals surface area contributed by atoms with Gasteiger partial charge in [0.05, 0.1) is 6.10 Å². The third-order valence-corrected chi connectivity index (χ3v) is 2.95. The van der Waals surface area contributed by atoms with Crippen molar-refractivity contribution in [3.8, 4) is 0 Å². The molecule has 0 aromatic heterocycles. The van der Waals surface area contributed by atoms with Crippen molar-refractivity contribution in [2.24, 2.45) is 5.92 Å². The molecule has 2 heteroatoms. The van der Waals surface area contributed by atoms with E-state index in [4.69, 9.17) is 4.74 Å². The van der Waals surface area contributed by atoms with Crippen molar-refractivity contribution in [2.45, 2.75) is 51.6 Å². The molecule has 2 nitrogen and oxygen atoms in total. The average Bonchev–Trinajstić information content (AvgIpc) is 2.19. The molecular formula is C11H20O2. The standard InChI is InChI=1S/C11H20O2/c1-9(13-2)8-11(12)10-6-4-3-5-7-10/h9-10H,3-8H2,1-2H3. The summed E-state index contributed by atoms with van der Waals surface area (Å²) in [5.41, 5.74) is 0. The zero-order chi connectivity index (χ0) is 9.68. The van der Waals surface area contributed by atoms with Gasteiger partial charge in [0.2, 0.25) is 0 Å². The molecule has 76 valence electrons. The van der Waals surface area contributed by atoms with Crippen LogP contribution in [-0.2, 0) is 9.53 Å². The van der Waals surface area contributed by atoms with Gasteiger partial charge >= 0.3 is 0 Å². The molecule has 0 aromatic rings. The molecule has 0 saturated heterocycles. The van der Waals surface area contributed by atoms with E-state index in [0.717, 1.165) is 12.8 Å². The summed E-state index contributed by atoms with van der Waals surface area (Å²) in [7, 11) is 1.67. The fourth-order valence-electron chi connectivity index (χ4n) is 1.96. The largest absolute Gasteiger partial charge is 0.381 e. The highest BCUT2D eigenvalue weighted by Crippen LogP contribution is 2.25. The first kappa shape index (κ1) is 10.7. The van der Waals surface area contributed by atoms with Crippen molar-refractivity contribution in [1.82, 2.24) is 0 Å². The highest BCUT2D eigenvalue weighted by molar-refractivity contribution is 5.81. The molecule has 13 heavy (non-hydrogen) atoms. The van der Waals surface area contributed by atoms with Gasteiger partial charge in [-0.15, -0.1) is 0 Å². The third kappa shape index (κ3) is 3.47. The first-order chi connectivity index (χ1) is 6.24. The Morgan fingerprint density at radius 1 is 1.38 bits per heavy atom. The van der Waals surface area contributed by atoms with Crippen molar-refractivity contribution in [3.63, 3.8) is 0 Å². The van der Waals surface area contributed by atoms with Crippen molar-refractivity contribution < 1.29 is 9.53 Å². The normalized spacial score (nSPS) is 21.4. The summed E-state index contributed by atoms with van der Waals surface area (Å²) < 4.78 is 5.09. The Labute approximate surface area is 80.7 Å². The summed E-state index contributed by atoms with van der Waals surface area (Å²) >= 11 is 0. The fourth-order valence-corrected chi connectivity index (χ4v) is 1.96. The summed E-state index contributed by atoms with van der Waals surface area (Å²) in [6, 6.07) is 0. The maximum absolute atomic E-state index is 11.7. The first-order valence-corrected chi connectivity index (χ1v) is 5.29. The van der Waals surface area contributed by atoms with E-state index in [9.17, 15) is 4.79 Å². The van der Waals surface area contributed by atoms with Crippen LogP contribution in [-0.4, -0.2) is 19.0 Å². The molecule has 1 rings (SSSR count). The second-order valence-corrected chi connectivity index (χ2v) is 4.05. The average molecular weight is 184 g/mol. The van der Waals surface area contributed by atoms with Crippen LogP contribution in [0.25, 0.3) is 0 Å². The lowest BCUT2D eigenvalue weighted by molar-refractivity contribution is -0.125. The van der Waals surface area contributed by atoms with E-state index >= 15 is 0 Å². The predicted octanol–water partition coefficient (Wildman–Crippen LogP) is 2.56. The smallest absolute Gasteiger partial charge is 0.138 e. The number of methoxy groups -OCH3 is 1. The van der Waals surface area contributed by atoms with Gasteiger partial charge in [-0.1, -0.05) is 19.3 Å². The maximum atomic E-state index is 11.7. The van der Waals surface area contributed by atoms with Gasteiger partial charge in [0.15, 0.2) is 0 Å². The zero-order valence-corrected chi connectivity index (χ0v) is 8.71. The number of carbonyl (C=O) groups is 1. The molecule has 0 heterocycles. The van der Waals surface area contributed by atoms with E-state index in [1.807, 2.05) is 6.92 Å². The molecule has 1 fully saturated rings. The van der Waals surface area contributed by atoms with Gasteiger partial charge in [0.25, 0.3) is 0 Å². The van der Waals surface area contributed by atoms with Gasteiger partial charge < -0.3 is 4.74 Å². The number of ether oxygens (including phenoxy) is 1. The zero-order valence-electron chi connectivity index (χ0n) is 8.71. The molecule has 1 atom stereocenters. The van der Waals surface area contributed by atoms with Crippen molar-refractivity contribution in [2.75, 3.05) is 7.11 Å². The van der Waals surface area contributed by atoms with E-state index < -0.39 is 0 Å². The quantitative estimate of drug-likeness (QED) is 0.671. The van der Waals surface area contributed by atoms with Crippen LogP contribution >= 0.6 is 0 Å². The molecule has 0 aromatic carbocycles. The minimum atomic E-state index is 0.0921. The van der Waals surface area contributed by atoms with Crippen LogP contribution in [0.5, 0.6) is 0 Å². The maximum Gasteiger partial charge on any atom is 0.138 e. The molecule has 1 aliphatic carbocycles. The van der Waals surface area contributed by atoms with Gasteiger partial charge in [-0.2, -0.15) is 0 Å². The molecule has 0 amide bonds. The van der Waals surface area contributed by atoms with Crippen molar-refractivity contribution in [3.05, 3.63) is 0 Å². The Morgan fingerprint density at radius 3 is 2.54 bits per heavy atom. The minimum absolute atomic E-state index is 0.0921. The van der Waals surface area contributed by atoms with Crippen LogP contribution in [0.15, 0.2) is 0 Å². The third-order valence-electron chi connectivity index (χ3n) is 2.95. The number of Topliss-reactive ketones (excluding diaryl/α,β-unsaturated/α-hetero) is 1. The first-order valence-electron chi connectivity index (χ1n) is 5.29. The molecule has 0 bridgehead atoms. The lowest BCUT2D eigenvalue weighted by Gasteiger charge is -2.21. The molecule has 1 aliphatic rings. The summed E-state index contributed by atoms with van der Waals surface area (Å²) in [4.78, 5) is 11.7. The Bertz CT molecular complexity index is 159. The topological polar surface area (TPSA) is 26.3 Å². The SMILES string of the molecule is COC(C)CC(=O)C1CCCCC1. The summed E-state index contributed by atoms with van der Waals surface area (Å²) in [5, 5.41) is 0. The number of ketones is 1. The number of hydrogen-bond acceptors (Lipinski definition) is 2. The lowest BCUT2D eigenvalue weighted by Crippen LogP contribution is -2.22. The number of rotatable bonds is 4. The minimum Gasteiger partial charge on any atom is -0.381 e. The summed E-state index contributed by atoms with van der Waals surface area (Å²) in [6.07, 6.45) is 6.68. The van der Waals surface area contributed by atoms with Crippen molar-refractivity contribution in [1.29, 1.82) is 0 Å². The number of hydrogen-bond donors (Lipinski definition) is 0. The van der Waals surface area contributed by atoms with E-state index in [2.05, 4.69) is 0 Å². The van der Waals surface area contributed by atoms with Crippen LogP contribution in [0.4, 0.5) is 0 Å². The molecule has 0 radical (unpaired) electrons. The van der Waals surface area contributed by atoms with Crippen LogP contribution in [0.1, 0.15) is 45.4 Å². The molecule has 0 spiro atoms. The van der Waals surface area contributed by atoms with Gasteiger partial charge in [0.1, 0.15) is 5.78 Å². The van der Waals surface area contributed by atoms with Crippen LogP contribution < -0.4 is 0 Å². The molecule has 1 saturated carbocycles. The second kappa shape index (κ2) is 5.38. The molecular weight excluding hydrogens is 164 g/mol. The Morgan fingerprint density at radius 2 is 2.00 bits per heavy atom. The second-order valence-electron chi connectivity index (χ2n) is 4.05. The molecule has 0 aliphatic heterocycles. The molecule has 1 unspecified atom stereocenters. The van der Waals surface area contributed by atoms with E-state index in [0.29, 0.717) is 18.1 Å². The highest BCUT2D eigenvalue weighted by Gasteiger charge is 2.22. The van der Waals surface area contributed by atoms with E-state index in [1.54, 1.807) is 7.11 Å². The van der Waals surface area contributed by atoms with Gasteiger partial charge in [0, 0.05) is 19.4 Å². The molecule has 0 N–H and O–H groups in total. The lowest BCUT2D eigenvalue weighted by atomic mass is 9.84. The Hall–Kier alpha value is -0.370. The fraction of sp³-hybridized carbons (Fsp3) is 0.909. The highest BCUT2D eigenvalue weighted by atomic mass is 16.5. The van der Waals surface area contributed by atoms with Gasteiger partial charge in [-0.05, 0) is 19.8 Å². The van der Waals surface area contributed by atoms with Crippen LogP contribution in [0.2, 0.25) is 0 Å². The monoisotopic (exact) mass is 184 g/mol. The Balaban J connectivity index is 2.29. The predicted molar refractivity (Wildman–Crippen MR) is 52.7 cm³/mol. The summed E-state index contributed by atoms with van der Waals surface area (Å²) in [6.45, 7) is 1.96. The summed E-state index contributed by atoms with van der Waals surface area (Å²) in [5.74, 6) is 0.750. The van der Waals surface area contributed by atoms with Gasteiger partial charge in [-0.25, -0.2) is 0 Å². The van der Waals surface area contributed by atoms with Crippen LogP contribution in [0.3, 0.4) is 0 Å².